The number of ether oxygens (including phenoxy) is 1. The summed E-state index contributed by atoms with van der Waals surface area (Å²) < 4.78 is 6.87. The van der Waals surface area contributed by atoms with E-state index >= 15 is 0 Å². The van der Waals surface area contributed by atoms with Gasteiger partial charge in [0, 0.05) is 6.54 Å². The minimum atomic E-state index is -0.509. The van der Waals surface area contributed by atoms with Gasteiger partial charge in [0.1, 0.15) is 11.8 Å². The molecule has 0 radical (unpaired) electrons. The zero-order valence-corrected chi connectivity index (χ0v) is 10.9. The van der Waals surface area contributed by atoms with Gasteiger partial charge in [-0.25, -0.2) is 9.78 Å². The number of aldehydes is 1. The fourth-order valence-corrected chi connectivity index (χ4v) is 2.54. The fraction of sp³-hybridized carbons (Fsp3) is 0.583. The molecule has 0 saturated heterocycles. The van der Waals surface area contributed by atoms with E-state index in [1.807, 2.05) is 6.92 Å². The van der Waals surface area contributed by atoms with Crippen LogP contribution < -0.4 is 0 Å². The van der Waals surface area contributed by atoms with Crippen LogP contribution in [0.2, 0.25) is 5.28 Å². The Bertz CT molecular complexity index is 464. The molecule has 6 heteroatoms. The Morgan fingerprint density at radius 3 is 2.78 bits per heavy atom. The molecule has 0 amide bonds. The van der Waals surface area contributed by atoms with E-state index in [1.165, 1.54) is 4.57 Å². The number of halogens is 1. The molecule has 1 heterocycles. The van der Waals surface area contributed by atoms with E-state index in [9.17, 15) is 9.59 Å². The van der Waals surface area contributed by atoms with Gasteiger partial charge in [-0.3, -0.25) is 4.79 Å². The van der Waals surface area contributed by atoms with Crippen LogP contribution in [0.1, 0.15) is 53.6 Å². The van der Waals surface area contributed by atoms with Crippen molar-refractivity contribution in [3.8, 4) is 0 Å². The Hall–Kier alpha value is -1.36. The number of carbonyl (C=O) groups excluding carboxylic acids is 2. The predicted molar refractivity (Wildman–Crippen MR) is 66.0 cm³/mol. The van der Waals surface area contributed by atoms with E-state index in [1.54, 1.807) is 0 Å². The lowest BCUT2D eigenvalue weighted by Gasteiger charge is -2.12. The lowest BCUT2D eigenvalue weighted by atomic mass is 10.3. The van der Waals surface area contributed by atoms with Gasteiger partial charge in [-0.2, -0.15) is 0 Å². The van der Waals surface area contributed by atoms with E-state index in [2.05, 4.69) is 4.98 Å². The number of hydrogen-bond acceptors (Lipinski definition) is 4. The SMILES string of the molecule is CCn1c(Cl)nc(C=O)c1C(=O)OC1CCCC1. The number of hydrogen-bond donors (Lipinski definition) is 0. The second kappa shape index (κ2) is 5.52. The lowest BCUT2D eigenvalue weighted by Crippen LogP contribution is -2.19. The maximum Gasteiger partial charge on any atom is 0.357 e. The van der Waals surface area contributed by atoms with Crippen LogP contribution in [0.4, 0.5) is 0 Å². The third kappa shape index (κ3) is 2.41. The Morgan fingerprint density at radius 1 is 1.56 bits per heavy atom. The molecule has 0 aromatic carbocycles. The quantitative estimate of drug-likeness (QED) is 0.623. The molecule has 18 heavy (non-hydrogen) atoms. The average molecular weight is 271 g/mol. The minimum absolute atomic E-state index is 0.0454. The van der Waals surface area contributed by atoms with Gasteiger partial charge >= 0.3 is 5.97 Å². The third-order valence-corrected chi connectivity index (χ3v) is 3.43. The zero-order valence-electron chi connectivity index (χ0n) is 10.2. The normalized spacial score (nSPS) is 15.9. The van der Waals surface area contributed by atoms with Gasteiger partial charge < -0.3 is 9.30 Å². The van der Waals surface area contributed by atoms with Crippen LogP contribution >= 0.6 is 11.6 Å². The smallest absolute Gasteiger partial charge is 0.357 e. The number of imidazole rings is 1. The van der Waals surface area contributed by atoms with Crippen LogP contribution in [-0.4, -0.2) is 27.9 Å². The van der Waals surface area contributed by atoms with Crippen molar-refractivity contribution in [2.45, 2.75) is 45.3 Å². The highest BCUT2D eigenvalue weighted by Gasteiger charge is 2.26. The van der Waals surface area contributed by atoms with Crippen molar-refractivity contribution < 1.29 is 14.3 Å². The van der Waals surface area contributed by atoms with Gasteiger partial charge in [0.05, 0.1) is 0 Å². The molecule has 1 saturated carbocycles. The second-order valence-electron chi connectivity index (χ2n) is 4.29. The lowest BCUT2D eigenvalue weighted by molar-refractivity contribution is 0.0303. The molecule has 0 bridgehead atoms. The van der Waals surface area contributed by atoms with Crippen molar-refractivity contribution in [1.29, 1.82) is 0 Å². The summed E-state index contributed by atoms with van der Waals surface area (Å²) in [5.41, 5.74) is 0.203. The Kier molecular flexibility index (Phi) is 4.01. The summed E-state index contributed by atoms with van der Waals surface area (Å²) in [7, 11) is 0. The van der Waals surface area contributed by atoms with E-state index in [0.29, 0.717) is 12.8 Å². The van der Waals surface area contributed by atoms with Crippen LogP contribution in [0, 0.1) is 0 Å². The summed E-state index contributed by atoms with van der Waals surface area (Å²) in [6.45, 7) is 2.29. The molecule has 5 nitrogen and oxygen atoms in total. The molecule has 1 aromatic rings. The Labute approximate surface area is 110 Å². The monoisotopic (exact) mass is 270 g/mol. The van der Waals surface area contributed by atoms with Gasteiger partial charge in [-0.15, -0.1) is 0 Å². The number of aromatic nitrogens is 2. The highest BCUT2D eigenvalue weighted by atomic mass is 35.5. The van der Waals surface area contributed by atoms with Gasteiger partial charge in [-0.1, -0.05) is 0 Å². The Balaban J connectivity index is 2.24. The van der Waals surface area contributed by atoms with Crippen molar-refractivity contribution in [3.05, 3.63) is 16.7 Å². The molecule has 0 unspecified atom stereocenters. The van der Waals surface area contributed by atoms with E-state index < -0.39 is 5.97 Å². The molecule has 0 atom stereocenters. The molecule has 1 aliphatic carbocycles. The van der Waals surface area contributed by atoms with Gasteiger partial charge in [0.2, 0.25) is 5.28 Å². The van der Waals surface area contributed by atoms with Gasteiger partial charge in [0.25, 0.3) is 0 Å². The molecule has 0 spiro atoms. The van der Waals surface area contributed by atoms with Crippen molar-refractivity contribution in [2.24, 2.45) is 0 Å². The van der Waals surface area contributed by atoms with Crippen molar-refractivity contribution in [1.82, 2.24) is 9.55 Å². The Morgan fingerprint density at radius 2 is 2.22 bits per heavy atom. The van der Waals surface area contributed by atoms with Crippen molar-refractivity contribution >= 4 is 23.9 Å². The second-order valence-corrected chi connectivity index (χ2v) is 4.63. The van der Waals surface area contributed by atoms with Crippen LogP contribution in [0.5, 0.6) is 0 Å². The van der Waals surface area contributed by atoms with E-state index in [4.69, 9.17) is 16.3 Å². The summed E-state index contributed by atoms with van der Waals surface area (Å²) in [6.07, 6.45) is 4.41. The first-order valence-corrected chi connectivity index (χ1v) is 6.47. The standard InChI is InChI=1S/C12H15ClN2O3/c1-2-15-10(9(7-16)14-12(15)13)11(17)18-8-5-3-4-6-8/h7-8H,2-6H2,1H3. The number of nitrogens with zero attached hydrogens (tertiary/aromatic N) is 2. The van der Waals surface area contributed by atoms with Crippen molar-refractivity contribution in [2.75, 3.05) is 0 Å². The molecule has 1 aliphatic rings. The minimum Gasteiger partial charge on any atom is -0.458 e. The van der Waals surface area contributed by atoms with Crippen LogP contribution in [0.15, 0.2) is 0 Å². The molecule has 0 aliphatic heterocycles. The highest BCUT2D eigenvalue weighted by Crippen LogP contribution is 2.23. The number of esters is 1. The maximum absolute atomic E-state index is 12.1. The van der Waals surface area contributed by atoms with Crippen LogP contribution in [0.3, 0.4) is 0 Å². The third-order valence-electron chi connectivity index (χ3n) is 3.15. The summed E-state index contributed by atoms with van der Waals surface area (Å²) in [6, 6.07) is 0. The first kappa shape index (κ1) is 13.1. The largest absolute Gasteiger partial charge is 0.458 e. The van der Waals surface area contributed by atoms with E-state index in [-0.39, 0.29) is 22.8 Å². The molecule has 1 fully saturated rings. The number of rotatable bonds is 4. The fourth-order valence-electron chi connectivity index (χ4n) is 2.24. The van der Waals surface area contributed by atoms with E-state index in [0.717, 1.165) is 25.7 Å². The summed E-state index contributed by atoms with van der Waals surface area (Å²) in [4.78, 5) is 26.8. The summed E-state index contributed by atoms with van der Waals surface area (Å²) in [5.74, 6) is -0.509. The van der Waals surface area contributed by atoms with Crippen LogP contribution in [0.25, 0.3) is 0 Å². The molecule has 0 N–H and O–H groups in total. The molecule has 2 rings (SSSR count). The molecular weight excluding hydrogens is 256 g/mol. The summed E-state index contributed by atoms with van der Waals surface area (Å²) >= 11 is 5.87. The predicted octanol–water partition coefficient (Wildman–Crippen LogP) is 2.47. The highest BCUT2D eigenvalue weighted by molar-refractivity contribution is 6.29. The zero-order chi connectivity index (χ0) is 13.1. The first-order valence-electron chi connectivity index (χ1n) is 6.09. The topological polar surface area (TPSA) is 61.2 Å². The summed E-state index contributed by atoms with van der Waals surface area (Å²) in [5, 5.41) is 0.137. The van der Waals surface area contributed by atoms with Gasteiger partial charge in [-0.05, 0) is 44.2 Å². The molecule has 98 valence electrons. The van der Waals surface area contributed by atoms with Gasteiger partial charge in [0.15, 0.2) is 12.0 Å². The molecule has 1 aromatic heterocycles. The number of carbonyl (C=O) groups is 2. The van der Waals surface area contributed by atoms with Crippen molar-refractivity contribution in [3.63, 3.8) is 0 Å². The average Bonchev–Trinajstić information content (AvgIpc) is 2.95. The molecular formula is C12H15ClN2O3. The maximum atomic E-state index is 12.1. The first-order chi connectivity index (χ1) is 8.67. The van der Waals surface area contributed by atoms with Crippen LogP contribution in [-0.2, 0) is 11.3 Å².